The number of hydrogen-bond acceptors (Lipinski definition) is 3. The van der Waals surface area contributed by atoms with Crippen molar-refractivity contribution < 1.29 is 4.79 Å². The van der Waals surface area contributed by atoms with Gasteiger partial charge in [0, 0.05) is 31.0 Å². The molecule has 1 aromatic heterocycles. The van der Waals surface area contributed by atoms with Gasteiger partial charge in [-0.2, -0.15) is 0 Å². The Labute approximate surface area is 138 Å². The number of aryl methyl sites for hydroxylation is 1. The molecule has 1 aliphatic heterocycles. The molecule has 0 bridgehead atoms. The maximum atomic E-state index is 12.6. The van der Waals surface area contributed by atoms with Crippen LogP contribution in [0.25, 0.3) is 0 Å². The van der Waals surface area contributed by atoms with Gasteiger partial charge in [-0.25, -0.2) is 0 Å². The molecule has 3 unspecified atom stereocenters. The molecular weight excluding hydrogens is 309 g/mol. The predicted octanol–water partition coefficient (Wildman–Crippen LogP) is 2.43. The SMILES string of the molecule is Cc1ncccc1C(=O)N1CC2CCCC(N)C2C1.Cl.Cl. The molecule has 1 aliphatic carbocycles. The van der Waals surface area contributed by atoms with Crippen LogP contribution in [0, 0.1) is 18.8 Å². The number of carbonyl (C=O) groups excluding carboxylic acids is 1. The molecule has 0 aromatic carbocycles. The molecule has 2 heterocycles. The van der Waals surface area contributed by atoms with Crippen molar-refractivity contribution in [1.29, 1.82) is 0 Å². The second-order valence-corrected chi connectivity index (χ2v) is 5.87. The second-order valence-electron chi connectivity index (χ2n) is 5.87. The predicted molar refractivity (Wildman–Crippen MR) is 88.2 cm³/mol. The average Bonchev–Trinajstić information content (AvgIpc) is 2.84. The Hall–Kier alpha value is -0.840. The summed E-state index contributed by atoms with van der Waals surface area (Å²) in [6.07, 6.45) is 5.26. The minimum absolute atomic E-state index is 0. The number of halogens is 2. The first-order chi connectivity index (χ1) is 9.16. The van der Waals surface area contributed by atoms with E-state index in [-0.39, 0.29) is 36.8 Å². The number of aromatic nitrogens is 1. The molecule has 0 spiro atoms. The van der Waals surface area contributed by atoms with Crippen LogP contribution in [0.15, 0.2) is 18.3 Å². The highest BCUT2D eigenvalue weighted by Gasteiger charge is 2.40. The lowest BCUT2D eigenvalue weighted by atomic mass is 9.78. The standard InChI is InChI=1S/C15H21N3O.2ClH/c1-10-12(5-3-7-17-10)15(19)18-8-11-4-2-6-14(16)13(11)9-18;;/h3,5,7,11,13-14H,2,4,6,8-9,16H2,1H3;2*1H. The fourth-order valence-electron chi connectivity index (χ4n) is 3.56. The van der Waals surface area contributed by atoms with E-state index < -0.39 is 0 Å². The number of nitrogens with two attached hydrogens (primary N) is 1. The Bertz CT molecular complexity index is 498. The number of hydrogen-bond donors (Lipinski definition) is 1. The third kappa shape index (κ3) is 3.50. The summed E-state index contributed by atoms with van der Waals surface area (Å²) >= 11 is 0. The summed E-state index contributed by atoms with van der Waals surface area (Å²) in [7, 11) is 0. The minimum atomic E-state index is 0. The van der Waals surface area contributed by atoms with Gasteiger partial charge in [-0.1, -0.05) is 6.42 Å². The van der Waals surface area contributed by atoms with Crippen LogP contribution >= 0.6 is 24.8 Å². The maximum Gasteiger partial charge on any atom is 0.255 e. The molecular formula is C15H23Cl2N3O. The smallest absolute Gasteiger partial charge is 0.255 e. The van der Waals surface area contributed by atoms with E-state index >= 15 is 0 Å². The van der Waals surface area contributed by atoms with Crippen LogP contribution in [0.1, 0.15) is 35.3 Å². The normalized spacial score (nSPS) is 27.3. The summed E-state index contributed by atoms with van der Waals surface area (Å²) in [5.41, 5.74) is 7.74. The zero-order valence-electron chi connectivity index (χ0n) is 12.2. The van der Waals surface area contributed by atoms with Gasteiger partial charge >= 0.3 is 0 Å². The Kier molecular flexibility index (Phi) is 6.44. The summed E-state index contributed by atoms with van der Waals surface area (Å²) in [6, 6.07) is 3.97. The molecule has 1 saturated carbocycles. The van der Waals surface area contributed by atoms with E-state index in [0.29, 0.717) is 11.8 Å². The zero-order chi connectivity index (χ0) is 13.4. The number of rotatable bonds is 1. The molecule has 2 N–H and O–H groups in total. The summed E-state index contributed by atoms with van der Waals surface area (Å²) < 4.78 is 0. The van der Waals surface area contributed by atoms with E-state index in [1.807, 2.05) is 24.0 Å². The van der Waals surface area contributed by atoms with E-state index in [2.05, 4.69) is 4.98 Å². The molecule has 2 aliphatic rings. The van der Waals surface area contributed by atoms with Crippen molar-refractivity contribution in [1.82, 2.24) is 9.88 Å². The highest BCUT2D eigenvalue weighted by Crippen LogP contribution is 2.36. The lowest BCUT2D eigenvalue weighted by Crippen LogP contribution is -2.38. The van der Waals surface area contributed by atoms with Gasteiger partial charge in [0.25, 0.3) is 5.91 Å². The molecule has 118 valence electrons. The molecule has 4 nitrogen and oxygen atoms in total. The zero-order valence-corrected chi connectivity index (χ0v) is 13.8. The Morgan fingerprint density at radius 2 is 2.10 bits per heavy atom. The van der Waals surface area contributed by atoms with Crippen molar-refractivity contribution in [2.45, 2.75) is 32.2 Å². The van der Waals surface area contributed by atoms with Gasteiger partial charge in [0.05, 0.1) is 5.56 Å². The molecule has 0 radical (unpaired) electrons. The number of nitrogens with zero attached hydrogens (tertiary/aromatic N) is 2. The van der Waals surface area contributed by atoms with E-state index in [1.165, 1.54) is 12.8 Å². The average molecular weight is 332 g/mol. The van der Waals surface area contributed by atoms with Crippen molar-refractivity contribution in [3.05, 3.63) is 29.6 Å². The molecule has 3 rings (SSSR count). The third-order valence-electron chi connectivity index (χ3n) is 4.68. The van der Waals surface area contributed by atoms with Crippen LogP contribution in [0.2, 0.25) is 0 Å². The van der Waals surface area contributed by atoms with E-state index in [9.17, 15) is 4.79 Å². The first-order valence-electron chi connectivity index (χ1n) is 7.13. The summed E-state index contributed by atoms with van der Waals surface area (Å²) in [5, 5.41) is 0. The molecule has 6 heteroatoms. The Balaban J connectivity index is 0.00000110. The summed E-state index contributed by atoms with van der Waals surface area (Å²) in [5.74, 6) is 1.21. The summed E-state index contributed by atoms with van der Waals surface area (Å²) in [6.45, 7) is 3.58. The van der Waals surface area contributed by atoms with E-state index in [1.54, 1.807) is 6.20 Å². The van der Waals surface area contributed by atoms with E-state index in [0.717, 1.165) is 30.8 Å². The van der Waals surface area contributed by atoms with Crippen molar-refractivity contribution in [2.75, 3.05) is 13.1 Å². The van der Waals surface area contributed by atoms with Gasteiger partial charge in [-0.05, 0) is 43.7 Å². The van der Waals surface area contributed by atoms with Gasteiger partial charge in [0.1, 0.15) is 0 Å². The van der Waals surface area contributed by atoms with Crippen LogP contribution in [-0.2, 0) is 0 Å². The van der Waals surface area contributed by atoms with Crippen LogP contribution in [-0.4, -0.2) is 34.9 Å². The van der Waals surface area contributed by atoms with Crippen LogP contribution in [0.3, 0.4) is 0 Å². The molecule has 1 amide bonds. The monoisotopic (exact) mass is 331 g/mol. The lowest BCUT2D eigenvalue weighted by Gasteiger charge is -2.29. The third-order valence-corrected chi connectivity index (χ3v) is 4.68. The fourth-order valence-corrected chi connectivity index (χ4v) is 3.56. The van der Waals surface area contributed by atoms with Gasteiger partial charge in [-0.15, -0.1) is 24.8 Å². The molecule has 21 heavy (non-hydrogen) atoms. The van der Waals surface area contributed by atoms with Crippen LogP contribution in [0.5, 0.6) is 0 Å². The van der Waals surface area contributed by atoms with Crippen molar-refractivity contribution in [3.8, 4) is 0 Å². The van der Waals surface area contributed by atoms with Gasteiger partial charge in [0.15, 0.2) is 0 Å². The minimum Gasteiger partial charge on any atom is -0.338 e. The van der Waals surface area contributed by atoms with Crippen molar-refractivity contribution >= 4 is 30.7 Å². The maximum absolute atomic E-state index is 12.6. The molecule has 1 aromatic rings. The number of amides is 1. The summed E-state index contributed by atoms with van der Waals surface area (Å²) in [4.78, 5) is 18.7. The lowest BCUT2D eigenvalue weighted by molar-refractivity contribution is 0.0782. The Morgan fingerprint density at radius 1 is 1.33 bits per heavy atom. The fraction of sp³-hybridized carbons (Fsp3) is 0.600. The largest absolute Gasteiger partial charge is 0.338 e. The second kappa shape index (κ2) is 7.43. The topological polar surface area (TPSA) is 59.2 Å². The first-order valence-corrected chi connectivity index (χ1v) is 7.13. The molecule has 3 atom stereocenters. The number of likely N-dealkylation sites (tertiary alicyclic amines) is 1. The quantitative estimate of drug-likeness (QED) is 0.859. The van der Waals surface area contributed by atoms with Crippen LogP contribution in [0.4, 0.5) is 0 Å². The number of carbonyl (C=O) groups is 1. The number of pyridine rings is 1. The van der Waals surface area contributed by atoms with Crippen molar-refractivity contribution in [2.24, 2.45) is 17.6 Å². The van der Waals surface area contributed by atoms with Crippen LogP contribution < -0.4 is 5.73 Å². The van der Waals surface area contributed by atoms with E-state index in [4.69, 9.17) is 5.73 Å². The van der Waals surface area contributed by atoms with Crippen molar-refractivity contribution in [3.63, 3.8) is 0 Å². The molecule has 1 saturated heterocycles. The molecule has 2 fully saturated rings. The number of fused-ring (bicyclic) bond motifs is 1. The highest BCUT2D eigenvalue weighted by atomic mass is 35.5. The van der Waals surface area contributed by atoms with Gasteiger partial charge in [0.2, 0.25) is 0 Å². The van der Waals surface area contributed by atoms with Gasteiger partial charge in [-0.3, -0.25) is 9.78 Å². The first kappa shape index (κ1) is 18.2. The van der Waals surface area contributed by atoms with Gasteiger partial charge < -0.3 is 10.6 Å². The Morgan fingerprint density at radius 3 is 2.76 bits per heavy atom. The highest BCUT2D eigenvalue weighted by molar-refractivity contribution is 5.95.